The van der Waals surface area contributed by atoms with Gasteiger partial charge in [-0.05, 0) is 24.6 Å². The van der Waals surface area contributed by atoms with E-state index in [1.807, 2.05) is 13.0 Å². The van der Waals surface area contributed by atoms with Gasteiger partial charge in [0.05, 0.1) is 11.5 Å². The van der Waals surface area contributed by atoms with Gasteiger partial charge in [-0.15, -0.1) is 10.2 Å². The summed E-state index contributed by atoms with van der Waals surface area (Å²) in [6, 6.07) is 5.25. The quantitative estimate of drug-likeness (QED) is 0.797. The summed E-state index contributed by atoms with van der Waals surface area (Å²) in [5, 5.41) is 12.0. The fraction of sp³-hybridized carbons (Fsp3) is 0.385. The Morgan fingerprint density at radius 1 is 1.40 bits per heavy atom. The maximum Gasteiger partial charge on any atom is 0.179 e. The molecule has 0 atom stereocenters. The molecule has 7 heteroatoms. The molecule has 1 N–H and O–H groups in total. The van der Waals surface area contributed by atoms with Crippen LogP contribution in [0.25, 0.3) is 0 Å². The van der Waals surface area contributed by atoms with Gasteiger partial charge in [0.15, 0.2) is 4.34 Å². The van der Waals surface area contributed by atoms with Gasteiger partial charge in [-0.2, -0.15) is 0 Å². The lowest BCUT2D eigenvalue weighted by Gasteiger charge is -2.06. The van der Waals surface area contributed by atoms with Crippen LogP contribution in [-0.2, 0) is 11.3 Å². The van der Waals surface area contributed by atoms with Crippen molar-refractivity contribution in [2.24, 2.45) is 0 Å². The Hall–Kier alpha value is -1.02. The van der Waals surface area contributed by atoms with E-state index in [-0.39, 0.29) is 5.82 Å². The first-order chi connectivity index (χ1) is 9.69. The molecule has 20 heavy (non-hydrogen) atoms. The Morgan fingerprint density at radius 3 is 2.90 bits per heavy atom. The second-order valence-corrected chi connectivity index (χ2v) is 6.59. The van der Waals surface area contributed by atoms with Crippen molar-refractivity contribution >= 4 is 23.1 Å². The second-order valence-electron chi connectivity index (χ2n) is 4.12. The number of hydrogen-bond acceptors (Lipinski definition) is 6. The van der Waals surface area contributed by atoms with Gasteiger partial charge >= 0.3 is 0 Å². The van der Waals surface area contributed by atoms with E-state index in [0.29, 0.717) is 18.0 Å². The lowest BCUT2D eigenvalue weighted by Crippen LogP contribution is -2.18. The zero-order valence-corrected chi connectivity index (χ0v) is 13.0. The molecule has 0 saturated carbocycles. The summed E-state index contributed by atoms with van der Waals surface area (Å²) < 4.78 is 19.7. The van der Waals surface area contributed by atoms with Crippen LogP contribution in [0.4, 0.5) is 4.39 Å². The maximum atomic E-state index is 14.0. The number of rotatable bonds is 7. The molecule has 0 aliphatic heterocycles. The molecule has 0 aliphatic carbocycles. The van der Waals surface area contributed by atoms with Crippen molar-refractivity contribution < 1.29 is 9.13 Å². The Morgan fingerprint density at radius 2 is 2.25 bits per heavy atom. The molecule has 0 spiro atoms. The first-order valence-corrected chi connectivity index (χ1v) is 7.78. The minimum Gasteiger partial charge on any atom is -0.383 e. The maximum absolute atomic E-state index is 14.0. The first kappa shape index (κ1) is 15.4. The molecule has 108 valence electrons. The number of hydrogen-bond donors (Lipinski definition) is 1. The summed E-state index contributed by atoms with van der Waals surface area (Å²) in [5.41, 5.74) is 0.913. The smallest absolute Gasteiger partial charge is 0.179 e. The van der Waals surface area contributed by atoms with Crippen molar-refractivity contribution in [3.05, 3.63) is 34.6 Å². The number of aryl methyl sites for hydroxylation is 1. The van der Waals surface area contributed by atoms with Crippen LogP contribution < -0.4 is 5.32 Å². The Bertz CT molecular complexity index is 562. The fourth-order valence-electron chi connectivity index (χ4n) is 1.56. The molecule has 0 amide bonds. The Kier molecular flexibility index (Phi) is 5.90. The van der Waals surface area contributed by atoms with Crippen LogP contribution in [0.15, 0.2) is 27.4 Å². The highest BCUT2D eigenvalue weighted by molar-refractivity contribution is 8.01. The van der Waals surface area contributed by atoms with Crippen LogP contribution in [0.2, 0.25) is 0 Å². The summed E-state index contributed by atoms with van der Waals surface area (Å²) >= 11 is 2.77. The zero-order chi connectivity index (χ0) is 14.4. The van der Waals surface area contributed by atoms with Crippen LogP contribution in [0, 0.1) is 12.7 Å². The molecule has 1 heterocycles. The molecule has 1 aromatic heterocycles. The van der Waals surface area contributed by atoms with Gasteiger partial charge in [-0.1, -0.05) is 29.2 Å². The Labute approximate surface area is 125 Å². The predicted octanol–water partition coefficient (Wildman–Crippen LogP) is 2.87. The third kappa shape index (κ3) is 4.52. The predicted molar refractivity (Wildman–Crippen MR) is 78.8 cm³/mol. The molecule has 1 aromatic carbocycles. The number of nitrogens with one attached hydrogen (secondary N) is 1. The van der Waals surface area contributed by atoms with E-state index < -0.39 is 0 Å². The van der Waals surface area contributed by atoms with Crippen molar-refractivity contribution in [1.82, 2.24) is 15.5 Å². The van der Waals surface area contributed by atoms with Crippen molar-refractivity contribution in [2.75, 3.05) is 20.3 Å². The lowest BCUT2D eigenvalue weighted by atomic mass is 10.2. The molecule has 0 unspecified atom stereocenters. The van der Waals surface area contributed by atoms with Crippen molar-refractivity contribution in [2.45, 2.75) is 22.7 Å². The highest BCUT2D eigenvalue weighted by Gasteiger charge is 2.08. The summed E-state index contributed by atoms with van der Waals surface area (Å²) in [5.74, 6) is -0.228. The topological polar surface area (TPSA) is 47.0 Å². The van der Waals surface area contributed by atoms with Gasteiger partial charge in [0.2, 0.25) is 0 Å². The number of aromatic nitrogens is 2. The van der Waals surface area contributed by atoms with E-state index in [2.05, 4.69) is 15.5 Å². The molecule has 0 aliphatic rings. The lowest BCUT2D eigenvalue weighted by molar-refractivity contribution is 0.199. The van der Waals surface area contributed by atoms with Crippen LogP contribution in [0.5, 0.6) is 0 Å². The molecule has 0 saturated heterocycles. The first-order valence-electron chi connectivity index (χ1n) is 6.15. The third-order valence-electron chi connectivity index (χ3n) is 2.51. The van der Waals surface area contributed by atoms with Crippen molar-refractivity contribution in [3.63, 3.8) is 0 Å². The minimum absolute atomic E-state index is 0.228. The van der Waals surface area contributed by atoms with Crippen LogP contribution in [-0.4, -0.2) is 30.5 Å². The monoisotopic (exact) mass is 313 g/mol. The largest absolute Gasteiger partial charge is 0.383 e. The normalized spacial score (nSPS) is 10.9. The molecule has 2 aromatic rings. The van der Waals surface area contributed by atoms with Crippen LogP contribution >= 0.6 is 23.1 Å². The number of ether oxygens (including phenoxy) is 1. The molecular weight excluding hydrogens is 297 g/mol. The average molecular weight is 313 g/mol. The number of benzene rings is 1. The number of halogens is 1. The molecule has 2 rings (SSSR count). The van der Waals surface area contributed by atoms with Gasteiger partial charge in [0.25, 0.3) is 0 Å². The van der Waals surface area contributed by atoms with E-state index in [0.717, 1.165) is 21.5 Å². The molecule has 4 nitrogen and oxygen atoms in total. The number of nitrogens with zero attached hydrogens (tertiary/aromatic N) is 2. The SMILES string of the molecule is COCCNCc1ccc(Sc2nnc(C)s2)c(F)c1. The zero-order valence-electron chi connectivity index (χ0n) is 11.4. The van der Waals surface area contributed by atoms with E-state index in [4.69, 9.17) is 4.74 Å². The molecular formula is C13H16FN3OS2. The fourth-order valence-corrected chi connectivity index (χ4v) is 3.33. The highest BCUT2D eigenvalue weighted by atomic mass is 32.2. The summed E-state index contributed by atoms with van der Waals surface area (Å²) in [6.07, 6.45) is 0. The van der Waals surface area contributed by atoms with Gasteiger partial charge in [0.1, 0.15) is 10.8 Å². The van der Waals surface area contributed by atoms with Crippen LogP contribution in [0.1, 0.15) is 10.6 Å². The second kappa shape index (κ2) is 7.68. The van der Waals surface area contributed by atoms with Gasteiger partial charge in [0, 0.05) is 20.2 Å². The minimum atomic E-state index is -0.228. The van der Waals surface area contributed by atoms with Gasteiger partial charge in [-0.3, -0.25) is 0 Å². The highest BCUT2D eigenvalue weighted by Crippen LogP contribution is 2.32. The summed E-state index contributed by atoms with van der Waals surface area (Å²) in [4.78, 5) is 0.571. The summed E-state index contributed by atoms with van der Waals surface area (Å²) in [7, 11) is 1.66. The van der Waals surface area contributed by atoms with E-state index in [9.17, 15) is 4.39 Å². The van der Waals surface area contributed by atoms with E-state index in [1.54, 1.807) is 19.2 Å². The average Bonchev–Trinajstić information content (AvgIpc) is 2.83. The van der Waals surface area contributed by atoms with E-state index in [1.165, 1.54) is 23.1 Å². The van der Waals surface area contributed by atoms with Gasteiger partial charge in [-0.25, -0.2) is 4.39 Å². The summed E-state index contributed by atoms with van der Waals surface area (Å²) in [6.45, 7) is 3.90. The molecule has 0 fully saturated rings. The third-order valence-corrected chi connectivity index (χ3v) is 4.45. The molecule has 0 radical (unpaired) electrons. The van der Waals surface area contributed by atoms with Crippen molar-refractivity contribution in [3.8, 4) is 0 Å². The van der Waals surface area contributed by atoms with E-state index >= 15 is 0 Å². The van der Waals surface area contributed by atoms with Gasteiger partial charge < -0.3 is 10.1 Å². The Balaban J connectivity index is 1.95. The number of methoxy groups -OCH3 is 1. The van der Waals surface area contributed by atoms with Crippen molar-refractivity contribution in [1.29, 1.82) is 0 Å². The van der Waals surface area contributed by atoms with Crippen LogP contribution in [0.3, 0.4) is 0 Å². The molecule has 0 bridgehead atoms. The standard InChI is InChI=1S/C13H16FN3OS2/c1-9-16-17-13(19-9)20-12-4-3-10(7-11(12)14)8-15-5-6-18-2/h3-4,7,15H,5-6,8H2,1-2H3.